The van der Waals surface area contributed by atoms with Crippen LogP contribution < -0.4 is 20.7 Å². The molecule has 1 atom stereocenters. The van der Waals surface area contributed by atoms with Gasteiger partial charge in [0.25, 0.3) is 0 Å². The number of hydrogen-bond acceptors (Lipinski definition) is 4. The molecular formula is C15H14ClIN2O2. The molecule has 0 saturated heterocycles. The van der Waals surface area contributed by atoms with Crippen LogP contribution in [-0.2, 0) is 0 Å². The van der Waals surface area contributed by atoms with E-state index in [0.29, 0.717) is 18.2 Å². The SMILES string of the molecule is NNC(c1ccc2c(c1)OCCO2)c1cc(Cl)ccc1I. The minimum absolute atomic E-state index is 0.161. The minimum atomic E-state index is -0.161. The van der Waals surface area contributed by atoms with Crippen LogP contribution in [0.5, 0.6) is 11.5 Å². The van der Waals surface area contributed by atoms with Gasteiger partial charge in [-0.05, 0) is 64.0 Å². The van der Waals surface area contributed by atoms with Crippen molar-refractivity contribution in [1.82, 2.24) is 5.43 Å². The van der Waals surface area contributed by atoms with Crippen molar-refractivity contribution in [2.45, 2.75) is 6.04 Å². The second-order valence-electron chi connectivity index (χ2n) is 4.67. The number of benzene rings is 2. The highest BCUT2D eigenvalue weighted by molar-refractivity contribution is 14.1. The summed E-state index contributed by atoms with van der Waals surface area (Å²) in [7, 11) is 0. The van der Waals surface area contributed by atoms with Gasteiger partial charge in [-0.15, -0.1) is 0 Å². The fraction of sp³-hybridized carbons (Fsp3) is 0.200. The zero-order chi connectivity index (χ0) is 14.8. The topological polar surface area (TPSA) is 56.5 Å². The molecule has 1 aliphatic rings. The van der Waals surface area contributed by atoms with E-state index in [9.17, 15) is 0 Å². The Balaban J connectivity index is 2.01. The molecule has 0 aliphatic carbocycles. The normalized spacial score (nSPS) is 14.8. The molecule has 1 unspecified atom stereocenters. The average molecular weight is 417 g/mol. The monoisotopic (exact) mass is 416 g/mol. The van der Waals surface area contributed by atoms with Crippen LogP contribution >= 0.6 is 34.2 Å². The molecule has 2 aromatic carbocycles. The molecule has 2 aromatic rings. The highest BCUT2D eigenvalue weighted by Crippen LogP contribution is 2.35. The molecule has 3 rings (SSSR count). The molecule has 0 spiro atoms. The van der Waals surface area contributed by atoms with E-state index in [1.165, 1.54) is 0 Å². The fourth-order valence-electron chi connectivity index (χ4n) is 2.34. The molecule has 1 aliphatic heterocycles. The lowest BCUT2D eigenvalue weighted by atomic mass is 9.99. The predicted octanol–water partition coefficient (Wildman–Crippen LogP) is 3.27. The first-order valence-electron chi connectivity index (χ1n) is 6.49. The van der Waals surface area contributed by atoms with Gasteiger partial charge in [-0.1, -0.05) is 17.7 Å². The van der Waals surface area contributed by atoms with Gasteiger partial charge in [-0.25, -0.2) is 5.43 Å². The van der Waals surface area contributed by atoms with Gasteiger partial charge in [0.05, 0.1) is 6.04 Å². The lowest BCUT2D eigenvalue weighted by molar-refractivity contribution is 0.171. The second kappa shape index (κ2) is 6.39. The number of hydrazine groups is 1. The van der Waals surface area contributed by atoms with E-state index in [0.717, 1.165) is 26.2 Å². The summed E-state index contributed by atoms with van der Waals surface area (Å²) >= 11 is 8.38. The molecule has 0 radical (unpaired) electrons. The predicted molar refractivity (Wildman–Crippen MR) is 90.8 cm³/mol. The van der Waals surface area contributed by atoms with Crippen molar-refractivity contribution in [3.63, 3.8) is 0 Å². The summed E-state index contributed by atoms with van der Waals surface area (Å²) in [5.41, 5.74) is 4.88. The third-order valence-electron chi connectivity index (χ3n) is 3.34. The van der Waals surface area contributed by atoms with Crippen LogP contribution in [0.4, 0.5) is 0 Å². The molecule has 3 N–H and O–H groups in total. The Morgan fingerprint density at radius 1 is 1.10 bits per heavy atom. The highest BCUT2D eigenvalue weighted by atomic mass is 127. The van der Waals surface area contributed by atoms with Crippen molar-refractivity contribution < 1.29 is 9.47 Å². The number of rotatable bonds is 3. The Kier molecular flexibility index (Phi) is 4.54. The first-order valence-corrected chi connectivity index (χ1v) is 7.95. The number of nitrogens with one attached hydrogen (secondary N) is 1. The third kappa shape index (κ3) is 3.11. The maximum Gasteiger partial charge on any atom is 0.161 e. The molecule has 21 heavy (non-hydrogen) atoms. The number of hydrogen-bond donors (Lipinski definition) is 2. The molecule has 4 nitrogen and oxygen atoms in total. The Hall–Kier alpha value is -1.02. The van der Waals surface area contributed by atoms with Crippen LogP contribution in [0.3, 0.4) is 0 Å². The molecule has 0 aromatic heterocycles. The van der Waals surface area contributed by atoms with E-state index >= 15 is 0 Å². The summed E-state index contributed by atoms with van der Waals surface area (Å²) in [6.45, 7) is 1.14. The lowest BCUT2D eigenvalue weighted by Crippen LogP contribution is -2.29. The minimum Gasteiger partial charge on any atom is -0.486 e. The van der Waals surface area contributed by atoms with Gasteiger partial charge in [0, 0.05) is 8.59 Å². The summed E-state index contributed by atoms with van der Waals surface area (Å²) in [6.07, 6.45) is 0. The van der Waals surface area contributed by atoms with Crippen LogP contribution in [0.25, 0.3) is 0 Å². The van der Waals surface area contributed by atoms with Crippen LogP contribution in [-0.4, -0.2) is 13.2 Å². The molecule has 0 bridgehead atoms. The molecule has 0 fully saturated rings. The second-order valence-corrected chi connectivity index (χ2v) is 6.27. The number of nitrogens with two attached hydrogens (primary N) is 1. The van der Waals surface area contributed by atoms with Crippen molar-refractivity contribution in [2.24, 2.45) is 5.84 Å². The van der Waals surface area contributed by atoms with E-state index in [2.05, 4.69) is 28.0 Å². The number of ether oxygens (including phenoxy) is 2. The van der Waals surface area contributed by atoms with Gasteiger partial charge in [0.2, 0.25) is 0 Å². The maximum atomic E-state index is 6.10. The smallest absolute Gasteiger partial charge is 0.161 e. The van der Waals surface area contributed by atoms with Gasteiger partial charge in [-0.2, -0.15) is 0 Å². The van der Waals surface area contributed by atoms with Gasteiger partial charge >= 0.3 is 0 Å². The summed E-state index contributed by atoms with van der Waals surface area (Å²) in [4.78, 5) is 0. The zero-order valence-electron chi connectivity index (χ0n) is 11.1. The molecular weight excluding hydrogens is 403 g/mol. The van der Waals surface area contributed by atoms with Crippen LogP contribution in [0.2, 0.25) is 5.02 Å². The largest absolute Gasteiger partial charge is 0.486 e. The summed E-state index contributed by atoms with van der Waals surface area (Å²) < 4.78 is 12.3. The van der Waals surface area contributed by atoms with Gasteiger partial charge < -0.3 is 9.47 Å². The quantitative estimate of drug-likeness (QED) is 0.458. The molecule has 0 amide bonds. The van der Waals surface area contributed by atoms with Crippen molar-refractivity contribution in [3.05, 3.63) is 56.1 Å². The summed E-state index contributed by atoms with van der Waals surface area (Å²) in [5.74, 6) is 7.28. The van der Waals surface area contributed by atoms with Crippen LogP contribution in [0.1, 0.15) is 17.2 Å². The van der Waals surface area contributed by atoms with Gasteiger partial charge in [-0.3, -0.25) is 5.84 Å². The summed E-state index contributed by atoms with van der Waals surface area (Å²) in [6, 6.07) is 11.4. The van der Waals surface area contributed by atoms with Crippen molar-refractivity contribution in [1.29, 1.82) is 0 Å². The average Bonchev–Trinajstić information content (AvgIpc) is 2.51. The van der Waals surface area contributed by atoms with Crippen molar-refractivity contribution in [3.8, 4) is 11.5 Å². The van der Waals surface area contributed by atoms with Crippen molar-refractivity contribution >= 4 is 34.2 Å². The Morgan fingerprint density at radius 2 is 1.86 bits per heavy atom. The lowest BCUT2D eigenvalue weighted by Gasteiger charge is -2.23. The van der Waals surface area contributed by atoms with E-state index in [4.69, 9.17) is 26.9 Å². The van der Waals surface area contributed by atoms with Gasteiger partial charge in [0.15, 0.2) is 11.5 Å². The summed E-state index contributed by atoms with van der Waals surface area (Å²) in [5, 5.41) is 0.684. The standard InChI is InChI=1S/C15H14ClIN2O2/c16-10-2-3-12(17)11(8-10)15(19-18)9-1-4-13-14(7-9)21-6-5-20-13/h1-4,7-8,15,19H,5-6,18H2. The van der Waals surface area contributed by atoms with Crippen molar-refractivity contribution in [2.75, 3.05) is 13.2 Å². The Labute approximate surface area is 141 Å². The number of halogens is 2. The number of fused-ring (bicyclic) bond motifs is 1. The first-order chi connectivity index (χ1) is 10.2. The van der Waals surface area contributed by atoms with Crippen LogP contribution in [0.15, 0.2) is 36.4 Å². The van der Waals surface area contributed by atoms with E-state index in [-0.39, 0.29) is 6.04 Å². The Bertz CT molecular complexity index is 666. The van der Waals surface area contributed by atoms with E-state index < -0.39 is 0 Å². The van der Waals surface area contributed by atoms with E-state index in [1.54, 1.807) is 0 Å². The third-order valence-corrected chi connectivity index (χ3v) is 4.55. The zero-order valence-corrected chi connectivity index (χ0v) is 14.0. The molecule has 6 heteroatoms. The van der Waals surface area contributed by atoms with E-state index in [1.807, 2.05) is 36.4 Å². The van der Waals surface area contributed by atoms with Gasteiger partial charge in [0.1, 0.15) is 13.2 Å². The highest BCUT2D eigenvalue weighted by Gasteiger charge is 2.19. The molecule has 1 heterocycles. The first kappa shape index (κ1) is 14.9. The van der Waals surface area contributed by atoms with Crippen LogP contribution in [0, 0.1) is 3.57 Å². The molecule has 0 saturated carbocycles. The Morgan fingerprint density at radius 3 is 2.62 bits per heavy atom. The maximum absolute atomic E-state index is 6.10. The fourth-order valence-corrected chi connectivity index (χ4v) is 3.17. The molecule has 110 valence electrons.